The van der Waals surface area contributed by atoms with Crippen LogP contribution in [0.15, 0.2) is 18.2 Å². The van der Waals surface area contributed by atoms with Crippen molar-refractivity contribution in [2.24, 2.45) is 11.6 Å². The first kappa shape index (κ1) is 11.5. The topological polar surface area (TPSA) is 78.3 Å². The normalized spacial score (nSPS) is 12.3. The van der Waals surface area contributed by atoms with Crippen molar-refractivity contribution in [3.05, 3.63) is 35.4 Å². The number of hydrogen-bond donors (Lipinski definition) is 2. The van der Waals surface area contributed by atoms with Crippen LogP contribution in [0.1, 0.15) is 5.56 Å². The molecule has 1 aromatic carbocycles. The smallest absolute Gasteiger partial charge is 0.341 e. The summed E-state index contributed by atoms with van der Waals surface area (Å²) in [5.41, 5.74) is 5.77. The van der Waals surface area contributed by atoms with Crippen LogP contribution in [0.25, 0.3) is 0 Å². The Morgan fingerprint density at radius 1 is 1.40 bits per heavy atom. The summed E-state index contributed by atoms with van der Waals surface area (Å²) in [6, 6.07) is 2.28. The number of hydrogen-bond acceptors (Lipinski definition) is 4. The average molecular weight is 216 g/mol. The number of benzene rings is 1. The van der Waals surface area contributed by atoms with E-state index in [1.165, 1.54) is 6.07 Å². The largest absolute Gasteiger partial charge is 0.372 e. The van der Waals surface area contributed by atoms with Gasteiger partial charge in [0, 0.05) is 0 Å². The van der Waals surface area contributed by atoms with E-state index in [1.54, 1.807) is 0 Å². The second-order valence-electron chi connectivity index (χ2n) is 3.00. The third kappa shape index (κ3) is 2.97. The van der Waals surface area contributed by atoms with Crippen LogP contribution in [-0.2, 0) is 16.1 Å². The molecule has 82 valence electrons. The van der Waals surface area contributed by atoms with Crippen molar-refractivity contribution >= 4 is 5.97 Å². The Hall–Kier alpha value is -1.53. The fraction of sp³-hybridized carbons (Fsp3) is 0.222. The molecule has 0 bridgehead atoms. The molecule has 0 aliphatic rings. The van der Waals surface area contributed by atoms with Gasteiger partial charge in [0.1, 0.15) is 6.04 Å². The van der Waals surface area contributed by atoms with Crippen molar-refractivity contribution in [1.29, 1.82) is 0 Å². The summed E-state index contributed by atoms with van der Waals surface area (Å²) in [5.74, 6) is 1.88. The van der Waals surface area contributed by atoms with Crippen molar-refractivity contribution in [1.82, 2.24) is 0 Å². The molecule has 0 unspecified atom stereocenters. The van der Waals surface area contributed by atoms with E-state index in [0.717, 1.165) is 12.1 Å². The van der Waals surface area contributed by atoms with Gasteiger partial charge in [-0.15, -0.1) is 0 Å². The highest BCUT2D eigenvalue weighted by atomic mass is 19.2. The van der Waals surface area contributed by atoms with E-state index in [0.29, 0.717) is 5.56 Å². The van der Waals surface area contributed by atoms with Crippen molar-refractivity contribution in [3.63, 3.8) is 0 Å². The van der Waals surface area contributed by atoms with Gasteiger partial charge in [-0.1, -0.05) is 6.07 Å². The molecule has 0 aliphatic heterocycles. The molecular weight excluding hydrogens is 206 g/mol. The maximum absolute atomic E-state index is 12.8. The molecule has 0 heterocycles. The molecule has 6 heteroatoms. The third-order valence-electron chi connectivity index (χ3n) is 1.86. The van der Waals surface area contributed by atoms with Crippen LogP contribution < -0.4 is 11.6 Å². The van der Waals surface area contributed by atoms with Crippen LogP contribution in [0.2, 0.25) is 0 Å². The van der Waals surface area contributed by atoms with Gasteiger partial charge in [0.2, 0.25) is 0 Å². The van der Waals surface area contributed by atoms with Crippen LogP contribution in [0, 0.1) is 11.6 Å². The van der Waals surface area contributed by atoms with Gasteiger partial charge in [-0.2, -0.15) is 5.90 Å². The summed E-state index contributed by atoms with van der Waals surface area (Å²) in [5, 5.41) is 0. The van der Waals surface area contributed by atoms with Gasteiger partial charge in [0.25, 0.3) is 0 Å². The molecule has 0 spiro atoms. The van der Waals surface area contributed by atoms with E-state index in [9.17, 15) is 13.6 Å². The molecule has 0 radical (unpaired) electrons. The van der Waals surface area contributed by atoms with Crippen LogP contribution in [0.5, 0.6) is 0 Å². The Morgan fingerprint density at radius 3 is 2.60 bits per heavy atom. The summed E-state index contributed by atoms with van der Waals surface area (Å²) in [4.78, 5) is 14.7. The van der Waals surface area contributed by atoms with E-state index in [-0.39, 0.29) is 6.42 Å². The molecule has 1 aromatic rings. The standard InChI is InChI=1S/C9H10F2N2O2/c10-6-2-1-5(3-7(6)11)4-8(12)9(14)15-13/h1-3,8H,4,12-13H2/t8-/m0/s1. The molecule has 1 atom stereocenters. The lowest BCUT2D eigenvalue weighted by Gasteiger charge is -2.08. The Kier molecular flexibility index (Phi) is 3.70. The minimum Gasteiger partial charge on any atom is -0.372 e. The second-order valence-corrected chi connectivity index (χ2v) is 3.00. The fourth-order valence-corrected chi connectivity index (χ4v) is 1.09. The number of carbonyl (C=O) groups is 1. The summed E-state index contributed by atoms with van der Waals surface area (Å²) < 4.78 is 25.3. The molecule has 4 nitrogen and oxygen atoms in total. The summed E-state index contributed by atoms with van der Waals surface area (Å²) in [6.07, 6.45) is 0.0350. The average Bonchev–Trinajstić information content (AvgIpc) is 2.22. The molecule has 0 amide bonds. The first-order chi connectivity index (χ1) is 7.04. The molecule has 0 fully saturated rings. The number of carbonyl (C=O) groups excluding carboxylic acids is 1. The minimum atomic E-state index is -0.986. The first-order valence-corrected chi connectivity index (χ1v) is 4.14. The highest BCUT2D eigenvalue weighted by molar-refractivity contribution is 5.75. The predicted molar refractivity (Wildman–Crippen MR) is 48.3 cm³/mol. The van der Waals surface area contributed by atoms with Crippen molar-refractivity contribution in [2.75, 3.05) is 0 Å². The van der Waals surface area contributed by atoms with Crippen LogP contribution >= 0.6 is 0 Å². The number of rotatable bonds is 3. The molecule has 1 rings (SSSR count). The molecule has 4 N–H and O–H groups in total. The monoisotopic (exact) mass is 216 g/mol. The molecule has 0 aliphatic carbocycles. The van der Waals surface area contributed by atoms with Crippen molar-refractivity contribution in [3.8, 4) is 0 Å². The zero-order valence-electron chi connectivity index (χ0n) is 7.74. The Bertz CT molecular complexity index is 371. The predicted octanol–water partition coefficient (Wildman–Crippen LogP) is 0.251. The minimum absolute atomic E-state index is 0.0350. The van der Waals surface area contributed by atoms with Gasteiger partial charge in [-0.3, -0.25) is 0 Å². The van der Waals surface area contributed by atoms with Crippen molar-refractivity contribution in [2.45, 2.75) is 12.5 Å². The second kappa shape index (κ2) is 4.81. The van der Waals surface area contributed by atoms with Crippen LogP contribution in [-0.4, -0.2) is 12.0 Å². The van der Waals surface area contributed by atoms with Gasteiger partial charge in [-0.05, 0) is 24.1 Å². The van der Waals surface area contributed by atoms with Crippen molar-refractivity contribution < 1.29 is 18.4 Å². The SMILES string of the molecule is NOC(=O)[C@@H](N)Cc1ccc(F)c(F)c1. The number of halogens is 2. The Balaban J connectivity index is 2.73. The molecule has 0 aromatic heterocycles. The molecule has 0 saturated heterocycles. The quantitative estimate of drug-likeness (QED) is 0.710. The summed E-state index contributed by atoms with van der Waals surface area (Å²) >= 11 is 0. The van der Waals surface area contributed by atoms with E-state index in [2.05, 4.69) is 10.7 Å². The van der Waals surface area contributed by atoms with Gasteiger partial charge in [0.05, 0.1) is 0 Å². The maximum atomic E-state index is 12.8. The van der Waals surface area contributed by atoms with E-state index in [1.807, 2.05) is 0 Å². The Morgan fingerprint density at radius 2 is 2.07 bits per heavy atom. The van der Waals surface area contributed by atoms with E-state index >= 15 is 0 Å². The van der Waals surface area contributed by atoms with E-state index < -0.39 is 23.6 Å². The maximum Gasteiger partial charge on any atom is 0.341 e. The lowest BCUT2D eigenvalue weighted by molar-refractivity contribution is -0.145. The fourth-order valence-electron chi connectivity index (χ4n) is 1.09. The summed E-state index contributed by atoms with van der Waals surface area (Å²) in [6.45, 7) is 0. The number of nitrogens with two attached hydrogens (primary N) is 2. The summed E-state index contributed by atoms with van der Waals surface area (Å²) in [7, 11) is 0. The van der Waals surface area contributed by atoms with Gasteiger partial charge in [0.15, 0.2) is 11.6 Å². The zero-order valence-corrected chi connectivity index (χ0v) is 7.74. The Labute approximate surface area is 84.8 Å². The highest BCUT2D eigenvalue weighted by Gasteiger charge is 2.15. The molecular formula is C9H10F2N2O2. The first-order valence-electron chi connectivity index (χ1n) is 4.14. The lowest BCUT2D eigenvalue weighted by Crippen LogP contribution is -2.35. The van der Waals surface area contributed by atoms with E-state index in [4.69, 9.17) is 5.73 Å². The lowest BCUT2D eigenvalue weighted by atomic mass is 10.1. The van der Waals surface area contributed by atoms with Gasteiger partial charge in [-0.25, -0.2) is 13.6 Å². The van der Waals surface area contributed by atoms with Crippen LogP contribution in [0.3, 0.4) is 0 Å². The van der Waals surface area contributed by atoms with Crippen LogP contribution in [0.4, 0.5) is 8.78 Å². The van der Waals surface area contributed by atoms with Gasteiger partial charge >= 0.3 is 5.97 Å². The molecule has 0 saturated carbocycles. The zero-order chi connectivity index (χ0) is 11.4. The molecule has 15 heavy (non-hydrogen) atoms. The third-order valence-corrected chi connectivity index (χ3v) is 1.86. The highest BCUT2D eigenvalue weighted by Crippen LogP contribution is 2.10. The van der Waals surface area contributed by atoms with Gasteiger partial charge < -0.3 is 10.6 Å².